The van der Waals surface area contributed by atoms with Gasteiger partial charge in [-0.25, -0.2) is 0 Å². The molecule has 17 heavy (non-hydrogen) atoms. The lowest BCUT2D eigenvalue weighted by Gasteiger charge is -2.23. The van der Waals surface area contributed by atoms with Gasteiger partial charge in [0.1, 0.15) is 6.33 Å². The summed E-state index contributed by atoms with van der Waals surface area (Å²) >= 11 is 0. The number of hydrogen-bond acceptors (Lipinski definition) is 2. The van der Waals surface area contributed by atoms with Crippen LogP contribution in [-0.2, 0) is 5.54 Å². The van der Waals surface area contributed by atoms with Crippen LogP contribution in [0.3, 0.4) is 0 Å². The van der Waals surface area contributed by atoms with Gasteiger partial charge in [-0.05, 0) is 46.2 Å². The zero-order valence-electron chi connectivity index (χ0n) is 11.2. The standard InChI is InChI=1S/C14H19N3/c1-10-6-7-11(2)12(8-10)13-16-15-9-17(13)14(3,4)5/h6-9H,1-5H3. The fourth-order valence-corrected chi connectivity index (χ4v) is 1.89. The van der Waals surface area contributed by atoms with Gasteiger partial charge in [0.2, 0.25) is 0 Å². The van der Waals surface area contributed by atoms with Crippen LogP contribution in [0.25, 0.3) is 11.4 Å². The molecule has 0 saturated heterocycles. The summed E-state index contributed by atoms with van der Waals surface area (Å²) in [5.74, 6) is 0.943. The Labute approximate surface area is 103 Å². The van der Waals surface area contributed by atoms with Crippen LogP contribution in [0, 0.1) is 13.8 Å². The second-order valence-electron chi connectivity index (χ2n) is 5.51. The summed E-state index contributed by atoms with van der Waals surface area (Å²) in [5, 5.41) is 8.32. The van der Waals surface area contributed by atoms with Crippen molar-refractivity contribution in [3.63, 3.8) is 0 Å². The van der Waals surface area contributed by atoms with Crippen molar-refractivity contribution in [3.05, 3.63) is 35.7 Å². The van der Waals surface area contributed by atoms with Gasteiger partial charge in [0.05, 0.1) is 0 Å². The molecule has 0 fully saturated rings. The molecule has 0 unspecified atom stereocenters. The number of benzene rings is 1. The zero-order chi connectivity index (χ0) is 12.6. The zero-order valence-corrected chi connectivity index (χ0v) is 11.2. The number of nitrogens with zero attached hydrogens (tertiary/aromatic N) is 3. The summed E-state index contributed by atoms with van der Waals surface area (Å²) in [6, 6.07) is 6.42. The normalized spacial score (nSPS) is 11.8. The third-order valence-corrected chi connectivity index (χ3v) is 2.90. The van der Waals surface area contributed by atoms with E-state index in [1.165, 1.54) is 11.1 Å². The summed E-state index contributed by atoms with van der Waals surface area (Å²) in [6.45, 7) is 10.7. The molecular weight excluding hydrogens is 210 g/mol. The average molecular weight is 229 g/mol. The van der Waals surface area contributed by atoms with Crippen LogP contribution < -0.4 is 0 Å². The minimum absolute atomic E-state index is 0.00494. The van der Waals surface area contributed by atoms with Crippen molar-refractivity contribution < 1.29 is 0 Å². The van der Waals surface area contributed by atoms with Crippen molar-refractivity contribution in [2.45, 2.75) is 40.2 Å². The molecule has 3 heteroatoms. The highest BCUT2D eigenvalue weighted by molar-refractivity contribution is 5.61. The summed E-state index contributed by atoms with van der Waals surface area (Å²) in [5.41, 5.74) is 3.63. The topological polar surface area (TPSA) is 30.7 Å². The molecule has 2 rings (SSSR count). The van der Waals surface area contributed by atoms with Crippen molar-refractivity contribution in [1.29, 1.82) is 0 Å². The molecular formula is C14H19N3. The third-order valence-electron chi connectivity index (χ3n) is 2.90. The van der Waals surface area contributed by atoms with E-state index in [0.717, 1.165) is 11.4 Å². The van der Waals surface area contributed by atoms with E-state index >= 15 is 0 Å². The highest BCUT2D eigenvalue weighted by atomic mass is 15.3. The molecule has 0 aliphatic heterocycles. The molecule has 1 aromatic heterocycles. The van der Waals surface area contributed by atoms with Crippen LogP contribution in [0.2, 0.25) is 0 Å². The van der Waals surface area contributed by atoms with Crippen LogP contribution in [-0.4, -0.2) is 14.8 Å². The van der Waals surface area contributed by atoms with Crippen molar-refractivity contribution in [2.75, 3.05) is 0 Å². The van der Waals surface area contributed by atoms with Crippen molar-refractivity contribution in [1.82, 2.24) is 14.8 Å². The highest BCUT2D eigenvalue weighted by Gasteiger charge is 2.19. The summed E-state index contributed by atoms with van der Waals surface area (Å²) < 4.78 is 2.12. The number of aryl methyl sites for hydroxylation is 2. The maximum absolute atomic E-state index is 4.27. The fourth-order valence-electron chi connectivity index (χ4n) is 1.89. The van der Waals surface area contributed by atoms with Gasteiger partial charge >= 0.3 is 0 Å². The van der Waals surface area contributed by atoms with Gasteiger partial charge in [-0.3, -0.25) is 0 Å². The van der Waals surface area contributed by atoms with E-state index in [4.69, 9.17) is 0 Å². The lowest BCUT2D eigenvalue weighted by molar-refractivity contribution is 0.399. The molecule has 0 aliphatic carbocycles. The van der Waals surface area contributed by atoms with Crippen LogP contribution in [0.4, 0.5) is 0 Å². The molecule has 0 atom stereocenters. The molecule has 2 aromatic rings. The molecule has 1 heterocycles. The molecule has 0 N–H and O–H groups in total. The monoisotopic (exact) mass is 229 g/mol. The molecule has 90 valence electrons. The van der Waals surface area contributed by atoms with E-state index < -0.39 is 0 Å². The van der Waals surface area contributed by atoms with Crippen LogP contribution in [0.15, 0.2) is 24.5 Å². The van der Waals surface area contributed by atoms with Gasteiger partial charge in [0.15, 0.2) is 5.82 Å². The number of rotatable bonds is 1. The lowest BCUT2D eigenvalue weighted by Crippen LogP contribution is -2.22. The van der Waals surface area contributed by atoms with E-state index in [0.29, 0.717) is 0 Å². The molecule has 1 aromatic carbocycles. The van der Waals surface area contributed by atoms with Crippen LogP contribution >= 0.6 is 0 Å². The maximum Gasteiger partial charge on any atom is 0.164 e. The fraction of sp³-hybridized carbons (Fsp3) is 0.429. The third kappa shape index (κ3) is 2.23. The predicted molar refractivity (Wildman–Crippen MR) is 69.9 cm³/mol. The number of aromatic nitrogens is 3. The quantitative estimate of drug-likeness (QED) is 0.751. The Bertz CT molecular complexity index is 533. The molecule has 0 spiro atoms. The van der Waals surface area contributed by atoms with E-state index in [2.05, 4.69) is 67.6 Å². The smallest absolute Gasteiger partial charge is 0.164 e. The minimum atomic E-state index is -0.00494. The Balaban J connectivity index is 2.61. The highest BCUT2D eigenvalue weighted by Crippen LogP contribution is 2.26. The SMILES string of the molecule is Cc1ccc(C)c(-c2nncn2C(C)(C)C)c1. The first-order valence-corrected chi connectivity index (χ1v) is 5.88. The Morgan fingerprint density at radius 2 is 1.82 bits per heavy atom. The summed E-state index contributed by atoms with van der Waals surface area (Å²) in [7, 11) is 0. The van der Waals surface area contributed by atoms with E-state index in [9.17, 15) is 0 Å². The predicted octanol–water partition coefficient (Wildman–Crippen LogP) is 3.32. The Kier molecular flexibility index (Phi) is 2.77. The van der Waals surface area contributed by atoms with Crippen molar-refractivity contribution >= 4 is 0 Å². The molecule has 0 amide bonds. The van der Waals surface area contributed by atoms with Gasteiger partial charge in [-0.2, -0.15) is 0 Å². The first-order chi connectivity index (χ1) is 7.89. The van der Waals surface area contributed by atoms with Gasteiger partial charge in [0.25, 0.3) is 0 Å². The van der Waals surface area contributed by atoms with Crippen LogP contribution in [0.5, 0.6) is 0 Å². The second kappa shape index (κ2) is 3.99. The van der Waals surface area contributed by atoms with Gasteiger partial charge in [0, 0.05) is 11.1 Å². The van der Waals surface area contributed by atoms with E-state index in [1.54, 1.807) is 6.33 Å². The largest absolute Gasteiger partial charge is 0.308 e. The van der Waals surface area contributed by atoms with E-state index in [1.807, 2.05) is 0 Å². The molecule has 0 saturated carbocycles. The lowest BCUT2D eigenvalue weighted by atomic mass is 10.0. The number of hydrogen-bond donors (Lipinski definition) is 0. The molecule has 0 aliphatic rings. The summed E-state index contributed by atoms with van der Waals surface area (Å²) in [6.07, 6.45) is 1.80. The molecule has 0 bridgehead atoms. The van der Waals surface area contributed by atoms with Gasteiger partial charge < -0.3 is 4.57 Å². The van der Waals surface area contributed by atoms with Crippen molar-refractivity contribution in [2.24, 2.45) is 0 Å². The Morgan fingerprint density at radius 1 is 1.12 bits per heavy atom. The Hall–Kier alpha value is -1.64. The minimum Gasteiger partial charge on any atom is -0.308 e. The molecule has 3 nitrogen and oxygen atoms in total. The van der Waals surface area contributed by atoms with E-state index in [-0.39, 0.29) is 5.54 Å². The first-order valence-electron chi connectivity index (χ1n) is 5.88. The van der Waals surface area contributed by atoms with Gasteiger partial charge in [-0.1, -0.05) is 17.7 Å². The average Bonchev–Trinajstić information content (AvgIpc) is 2.69. The molecule has 0 radical (unpaired) electrons. The summed E-state index contributed by atoms with van der Waals surface area (Å²) in [4.78, 5) is 0. The van der Waals surface area contributed by atoms with Gasteiger partial charge in [-0.15, -0.1) is 10.2 Å². The first kappa shape index (κ1) is 11.8. The second-order valence-corrected chi connectivity index (χ2v) is 5.51. The van der Waals surface area contributed by atoms with Crippen molar-refractivity contribution in [3.8, 4) is 11.4 Å². The van der Waals surface area contributed by atoms with Crippen LogP contribution in [0.1, 0.15) is 31.9 Å². The Morgan fingerprint density at radius 3 is 2.47 bits per heavy atom. The maximum atomic E-state index is 4.27.